The van der Waals surface area contributed by atoms with Gasteiger partial charge in [0.05, 0.1) is 31.5 Å². The molecule has 107 heavy (non-hydrogen) atoms. The van der Waals surface area contributed by atoms with Crippen LogP contribution in [0.5, 0.6) is 0 Å². The number of amides is 12. The molecule has 3 aliphatic heterocycles. The number of fused-ring (bicyclic) bond motifs is 3. The maximum atomic E-state index is 15.5. The molecule has 33 heteroatoms. The monoisotopic (exact) mass is 1530 g/mol. The van der Waals surface area contributed by atoms with Crippen LogP contribution >= 0.6 is 0 Å². The third-order valence-corrected chi connectivity index (χ3v) is 23.8. The molecule has 2 bridgehead atoms. The van der Waals surface area contributed by atoms with Gasteiger partial charge in [-0.05, 0) is 140 Å². The van der Waals surface area contributed by atoms with Crippen molar-refractivity contribution in [1.29, 1.82) is 0 Å². The Morgan fingerprint density at radius 3 is 1.82 bits per heavy atom. The lowest BCUT2D eigenvalue weighted by atomic mass is 9.74. The van der Waals surface area contributed by atoms with Gasteiger partial charge in [-0.3, -0.25) is 57.5 Å². The number of halogens is 8. The third-order valence-electron chi connectivity index (χ3n) is 23.8. The summed E-state index contributed by atoms with van der Waals surface area (Å²) in [6.07, 6.45) is -12.4. The zero-order valence-corrected chi connectivity index (χ0v) is 64.1. The Bertz CT molecular complexity index is 3190. The number of rotatable bonds is 12. The van der Waals surface area contributed by atoms with Crippen molar-refractivity contribution in [1.82, 2.24) is 60.0 Å². The van der Waals surface area contributed by atoms with E-state index in [2.05, 4.69) is 16.0 Å². The highest BCUT2D eigenvalue weighted by molar-refractivity contribution is 6.01. The van der Waals surface area contributed by atoms with E-state index < -0.39 is 230 Å². The Hall–Kier alpha value is -7.22. The lowest BCUT2D eigenvalue weighted by Gasteiger charge is -2.47. The van der Waals surface area contributed by atoms with Gasteiger partial charge in [-0.15, -0.1) is 0 Å². The van der Waals surface area contributed by atoms with E-state index in [1.165, 1.54) is 71.1 Å². The van der Waals surface area contributed by atoms with E-state index in [9.17, 15) is 55.1 Å². The van der Waals surface area contributed by atoms with Gasteiger partial charge in [-0.2, -0.15) is 26.3 Å². The van der Waals surface area contributed by atoms with Crippen molar-refractivity contribution in [2.45, 2.75) is 260 Å². The summed E-state index contributed by atoms with van der Waals surface area (Å²) in [5, 5.41) is 8.36. The summed E-state index contributed by atoms with van der Waals surface area (Å²) in [7, 11) is 10.8. The van der Waals surface area contributed by atoms with Crippen LogP contribution in [0.3, 0.4) is 0 Å². The van der Waals surface area contributed by atoms with Crippen molar-refractivity contribution in [3.05, 3.63) is 12.2 Å². The Morgan fingerprint density at radius 2 is 1.26 bits per heavy atom. The number of carbonyl (C=O) groups excluding carboxylic acids is 12. The first kappa shape index (κ1) is 87.0. The second-order valence-corrected chi connectivity index (χ2v) is 31.3. The molecule has 604 valence electrons. The van der Waals surface area contributed by atoms with Gasteiger partial charge in [0, 0.05) is 82.5 Å². The van der Waals surface area contributed by atoms with E-state index in [-0.39, 0.29) is 96.7 Å². The van der Waals surface area contributed by atoms with Gasteiger partial charge in [0.1, 0.15) is 72.1 Å². The molecule has 3 N–H and O–H groups in total. The van der Waals surface area contributed by atoms with E-state index >= 15 is 37.5 Å². The summed E-state index contributed by atoms with van der Waals surface area (Å²) in [5.41, 5.74) is -1.69. The van der Waals surface area contributed by atoms with Gasteiger partial charge in [0.15, 0.2) is 0 Å². The van der Waals surface area contributed by atoms with Gasteiger partial charge in [0.25, 0.3) is 0 Å². The lowest BCUT2D eigenvalue weighted by molar-refractivity contribution is -0.219. The molecule has 6 fully saturated rings. The Balaban J connectivity index is 1.32. The van der Waals surface area contributed by atoms with E-state index in [1.807, 2.05) is 0 Å². The number of nitrogens with zero attached hydrogens (tertiary/aromatic N) is 9. The highest BCUT2D eigenvalue weighted by atomic mass is 19.4. The molecule has 4 saturated carbocycles. The van der Waals surface area contributed by atoms with Crippen LogP contribution in [-0.2, 0) is 62.3 Å². The number of nitrogens with one attached hydrogen (secondary N) is 3. The number of likely N-dealkylation sites (N-methyl/N-ethyl adjacent to an activating group) is 7. The molecule has 3 heterocycles. The average Bonchev–Trinajstić information content (AvgIpc) is 1.43. The van der Waals surface area contributed by atoms with Crippen LogP contribution in [0.2, 0.25) is 0 Å². The maximum Gasteiger partial charge on any atom is 0.397 e. The highest BCUT2D eigenvalue weighted by Gasteiger charge is 2.56. The predicted octanol–water partition coefficient (Wildman–Crippen LogP) is 6.10. The predicted molar refractivity (Wildman–Crippen MR) is 377 cm³/mol. The summed E-state index contributed by atoms with van der Waals surface area (Å²) >= 11 is 0. The van der Waals surface area contributed by atoms with Crippen molar-refractivity contribution in [3.8, 4) is 0 Å². The van der Waals surface area contributed by atoms with E-state index in [0.29, 0.717) is 38.5 Å². The van der Waals surface area contributed by atoms with E-state index in [1.54, 1.807) is 39.8 Å². The minimum Gasteiger partial charge on any atom is -0.377 e. The standard InChI is InChI=1S/C74H114F8N12O13/c1-13-43(4)61-69(104)88(8)42-59(97)90(10)53-25-20-17-21-34-93(68(53)103)56(37-44-26-29-47(30-27-44)73(77,78)79)67(102)87(7)41-57(95)83-51(31-28-45-35-49(75)60(50(76)36-45)74(80,81)82)65(100)94-40-48(107-15-3)38-54(94)64(99)85-72(32-22-33-72)71(106)92(12)62(46-23-18-16-19-24-46)70(105)91(11)55(66(101)86(5)6)39-58(96)89(9)52(14-2)63(98)84-61/h17,20,43-56,60-62H,13-16,18-19,21-42H2,1-12H3,(H,83,95)(H,84,98)(H,85,99)/b20-17-/t43-,44?,45?,47?,48+,49?,50?,51-,52-,53-,54-,55-,56-,60?,61-,62-/m0/s1. The maximum absolute atomic E-state index is 15.5. The molecule has 0 aromatic heterocycles. The normalized spacial score (nSPS) is 32.2. The molecular formula is C74H114F8N12O13. The van der Waals surface area contributed by atoms with Gasteiger partial charge < -0.3 is 64.8 Å². The van der Waals surface area contributed by atoms with Crippen LogP contribution in [-0.4, -0.2) is 289 Å². The van der Waals surface area contributed by atoms with Gasteiger partial charge in [0.2, 0.25) is 70.9 Å². The van der Waals surface area contributed by atoms with Crippen LogP contribution in [0.15, 0.2) is 12.2 Å². The van der Waals surface area contributed by atoms with Crippen LogP contribution in [0.1, 0.15) is 175 Å². The molecule has 0 aromatic rings. The molecule has 12 atom stereocenters. The Morgan fingerprint density at radius 1 is 0.636 bits per heavy atom. The first-order valence-corrected chi connectivity index (χ1v) is 38.2. The van der Waals surface area contributed by atoms with Crippen molar-refractivity contribution in [3.63, 3.8) is 0 Å². The molecule has 7 rings (SSSR count). The molecule has 0 aromatic carbocycles. The highest BCUT2D eigenvalue weighted by Crippen LogP contribution is 2.46. The van der Waals surface area contributed by atoms with Gasteiger partial charge in [-0.25, -0.2) is 8.78 Å². The zero-order valence-electron chi connectivity index (χ0n) is 64.1. The number of hydrogen-bond acceptors (Lipinski definition) is 13. The van der Waals surface area contributed by atoms with E-state index in [4.69, 9.17) is 4.74 Å². The summed E-state index contributed by atoms with van der Waals surface area (Å²) in [6, 6.07) is -11.4. The van der Waals surface area contributed by atoms with Crippen LogP contribution in [0.25, 0.3) is 0 Å². The van der Waals surface area contributed by atoms with Crippen molar-refractivity contribution < 1.29 is 97.4 Å². The number of ether oxygens (including phenoxy) is 1. The second-order valence-electron chi connectivity index (χ2n) is 31.3. The molecule has 0 radical (unpaired) electrons. The topological polar surface area (TPSA) is 279 Å². The molecule has 4 aliphatic carbocycles. The second kappa shape index (κ2) is 37.5. The fourth-order valence-corrected chi connectivity index (χ4v) is 16.9. The fraction of sp³-hybridized carbons (Fsp3) is 0.811. The summed E-state index contributed by atoms with van der Waals surface area (Å²) < 4.78 is 121. The van der Waals surface area contributed by atoms with Crippen LogP contribution < -0.4 is 16.0 Å². The SMILES string of the molecule is CCO[C@@H]1C[C@H]2C(=O)NC3(CCC3)C(=O)N(C)[C@@H](C3CCCCC3)C(=O)N(C)[C@H](C(=O)N(C)C)CC(=O)N(C)[C@@H](CC)C(=O)N[C@@H]([C@@H](C)CC)C(=O)N(C)CC(=O)N(C)[C@H]3C/C=C\CCN(C3=O)[C@@H](CC3CCC(C(F)(F)F)CC3)C(=O)N(C)CC(=O)N[C@@H](CCC3CC(F)C(C(F)(F)F)C(F)C3)C(=O)N2C1. The summed E-state index contributed by atoms with van der Waals surface area (Å²) in [4.78, 5) is 191. The van der Waals surface area contributed by atoms with Crippen molar-refractivity contribution >= 4 is 70.9 Å². The van der Waals surface area contributed by atoms with Crippen LogP contribution in [0.4, 0.5) is 35.1 Å². The number of alkyl halides is 8. The lowest BCUT2D eigenvalue weighted by Crippen LogP contribution is -2.68. The van der Waals surface area contributed by atoms with Crippen molar-refractivity contribution in [2.24, 2.45) is 35.5 Å². The largest absolute Gasteiger partial charge is 0.397 e. The molecule has 12 amide bonds. The first-order valence-electron chi connectivity index (χ1n) is 38.2. The molecule has 2 unspecified atom stereocenters. The van der Waals surface area contributed by atoms with Gasteiger partial charge >= 0.3 is 12.4 Å². The molecular weight excluding hydrogens is 1420 g/mol. The number of carbonyl (C=O) groups is 12. The smallest absolute Gasteiger partial charge is 0.377 e. The zero-order chi connectivity index (χ0) is 79.5. The number of hydrogen-bond donors (Lipinski definition) is 3. The van der Waals surface area contributed by atoms with Crippen molar-refractivity contribution in [2.75, 3.05) is 89.2 Å². The summed E-state index contributed by atoms with van der Waals surface area (Å²) in [5.74, 6) is -16.8. The quantitative estimate of drug-likeness (QED) is 0.147. The Kier molecular flexibility index (Phi) is 30.5. The van der Waals surface area contributed by atoms with E-state index in [0.717, 1.165) is 35.8 Å². The van der Waals surface area contributed by atoms with Gasteiger partial charge in [-0.1, -0.05) is 58.6 Å². The minimum atomic E-state index is -5.22. The molecule has 1 spiro atoms. The third kappa shape index (κ3) is 21.0. The molecule has 2 saturated heterocycles. The minimum absolute atomic E-state index is 0.00264. The Labute approximate surface area is 623 Å². The fourth-order valence-electron chi connectivity index (χ4n) is 16.9. The van der Waals surface area contributed by atoms with Crippen LogP contribution in [0, 0.1) is 35.5 Å². The first-order chi connectivity index (χ1) is 50.2. The molecule has 7 aliphatic rings. The summed E-state index contributed by atoms with van der Waals surface area (Å²) in [6.45, 7) is 4.86. The molecule has 25 nitrogen and oxygen atoms in total. The average molecular weight is 1530 g/mol.